The molecule has 0 fully saturated rings. The molecule has 0 unspecified atom stereocenters. The molecule has 0 amide bonds. The summed E-state index contributed by atoms with van der Waals surface area (Å²) in [5.41, 5.74) is 1.59. The largest absolute Gasteiger partial charge is 0.333 e. The molecule has 0 heterocycles. The molecule has 0 spiro atoms. The van der Waals surface area contributed by atoms with Gasteiger partial charge in [-0.05, 0) is 18.4 Å². The summed E-state index contributed by atoms with van der Waals surface area (Å²) in [5.74, 6) is 0. The molecule has 3 aromatic rings. The van der Waals surface area contributed by atoms with Gasteiger partial charge in [0.1, 0.15) is 7.94 Å². The minimum absolute atomic E-state index is 0.718. The van der Waals surface area contributed by atoms with E-state index in [-0.39, 0.29) is 0 Å². The van der Waals surface area contributed by atoms with Gasteiger partial charge < -0.3 is 4.48 Å². The van der Waals surface area contributed by atoms with E-state index in [0.29, 0.717) is 0 Å². The fourth-order valence-electron chi connectivity index (χ4n) is 5.54. The van der Waals surface area contributed by atoms with Crippen molar-refractivity contribution in [3.63, 3.8) is 0 Å². The van der Waals surface area contributed by atoms with E-state index in [9.17, 15) is 0 Å². The molecular formula is C34H53BNSi+. The Morgan fingerprint density at radius 2 is 0.973 bits per heavy atom. The van der Waals surface area contributed by atoms with Gasteiger partial charge in [0.25, 0.3) is 0 Å². The first-order chi connectivity index (χ1) is 17.8. The molecular weight excluding hydrogens is 461 g/mol. The van der Waals surface area contributed by atoms with Crippen molar-refractivity contribution in [3.8, 4) is 0 Å². The van der Waals surface area contributed by atoms with Crippen LogP contribution in [0.25, 0.3) is 0 Å². The molecule has 0 aliphatic heterocycles. The molecule has 200 valence electrons. The molecule has 0 saturated heterocycles. The van der Waals surface area contributed by atoms with Crippen molar-refractivity contribution in [1.29, 1.82) is 0 Å². The lowest BCUT2D eigenvalue weighted by Gasteiger charge is -2.41. The van der Waals surface area contributed by atoms with Gasteiger partial charge >= 0.3 is 0 Å². The molecule has 0 saturated carbocycles. The number of benzene rings is 3. The maximum Gasteiger partial charge on any atom is 0.151 e. The molecule has 3 aromatic carbocycles. The molecule has 0 bridgehead atoms. The molecule has 0 aromatic heterocycles. The Kier molecular flexibility index (Phi) is 13.5. The van der Waals surface area contributed by atoms with E-state index in [0.717, 1.165) is 10.8 Å². The van der Waals surface area contributed by atoms with Gasteiger partial charge in [-0.15, -0.1) is 0 Å². The first-order valence-corrected chi connectivity index (χ1v) is 16.8. The molecule has 3 rings (SSSR count). The number of quaternary nitrogens is 1. The third-order valence-corrected chi connectivity index (χ3v) is 12.8. The van der Waals surface area contributed by atoms with E-state index in [2.05, 4.69) is 134 Å². The van der Waals surface area contributed by atoms with E-state index in [1.165, 1.54) is 57.6 Å². The second-order valence-electron chi connectivity index (χ2n) is 12.0. The van der Waals surface area contributed by atoms with Gasteiger partial charge in [-0.25, -0.2) is 0 Å². The van der Waals surface area contributed by atoms with Crippen LogP contribution in [0, 0.1) is 0 Å². The molecule has 0 aliphatic rings. The van der Waals surface area contributed by atoms with Crippen LogP contribution in [0.1, 0.15) is 64.9 Å². The Bertz CT molecular complexity index is 944. The van der Waals surface area contributed by atoms with Gasteiger partial charge in [-0.3, -0.25) is 0 Å². The predicted octanol–water partition coefficient (Wildman–Crippen LogP) is 7.00. The van der Waals surface area contributed by atoms with Crippen molar-refractivity contribution in [2.24, 2.45) is 0 Å². The highest BCUT2D eigenvalue weighted by Gasteiger charge is 2.48. The van der Waals surface area contributed by atoms with Crippen LogP contribution >= 0.6 is 0 Å². The molecule has 0 aliphatic carbocycles. The first kappa shape index (κ1) is 31.1. The number of hydrogen-bond acceptors (Lipinski definition) is 0. The van der Waals surface area contributed by atoms with E-state index in [1.807, 2.05) is 0 Å². The third-order valence-electron chi connectivity index (χ3n) is 7.12. The van der Waals surface area contributed by atoms with Crippen molar-refractivity contribution in [2.45, 2.75) is 78.4 Å². The lowest BCUT2D eigenvalue weighted by molar-refractivity contribution is -0.849. The topological polar surface area (TPSA) is 0 Å². The zero-order valence-electron chi connectivity index (χ0n) is 25.0. The van der Waals surface area contributed by atoms with Crippen molar-refractivity contribution >= 4 is 29.8 Å². The Morgan fingerprint density at radius 3 is 1.41 bits per heavy atom. The first-order valence-electron chi connectivity index (χ1n) is 14.8. The number of rotatable bonds is 13. The zero-order chi connectivity index (χ0) is 27.2. The number of hydrogen-bond donors (Lipinski definition) is 0. The number of unbranched alkanes of at least 4 members (excludes halogenated alkanes) is 3. The Balaban J connectivity index is 0.000000877. The fourth-order valence-corrected chi connectivity index (χ4v) is 11.7. The zero-order valence-corrected chi connectivity index (χ0v) is 26.0. The molecule has 1 nitrogen and oxygen atoms in total. The van der Waals surface area contributed by atoms with Crippen LogP contribution in [0.4, 0.5) is 0 Å². The Labute approximate surface area is 231 Å². The van der Waals surface area contributed by atoms with Crippen LogP contribution in [0.15, 0.2) is 84.9 Å². The van der Waals surface area contributed by atoms with Crippen LogP contribution in [-0.4, -0.2) is 46.9 Å². The molecule has 0 N–H and O–H groups in total. The molecule has 0 atom stereocenters. The van der Waals surface area contributed by atoms with E-state index < -0.39 is 7.94 Å². The van der Waals surface area contributed by atoms with Crippen LogP contribution in [0.2, 0.25) is 12.6 Å². The van der Waals surface area contributed by atoms with Crippen LogP contribution in [-0.2, 0) is 6.42 Å². The van der Waals surface area contributed by atoms with Gasteiger partial charge in [-0.1, -0.05) is 166 Å². The quantitative estimate of drug-likeness (QED) is 0.131. The minimum Gasteiger partial charge on any atom is -0.333 e. The SMILES string of the molecule is CCCCB(CCCC)[Si](c1ccccc1)(c1ccccc1)c1ccccc1CCCC.C[N+](C)(C)C. The van der Waals surface area contributed by atoms with Gasteiger partial charge in [-0.2, -0.15) is 0 Å². The summed E-state index contributed by atoms with van der Waals surface area (Å²) < 4.78 is 1.00. The van der Waals surface area contributed by atoms with Crippen molar-refractivity contribution in [2.75, 3.05) is 28.2 Å². The summed E-state index contributed by atoms with van der Waals surface area (Å²) in [4.78, 5) is 0. The normalized spacial score (nSPS) is 11.5. The monoisotopic (exact) mass is 514 g/mol. The Hall–Kier alpha value is -2.10. The molecule has 0 radical (unpaired) electrons. The average molecular weight is 515 g/mol. The highest BCUT2D eigenvalue weighted by Crippen LogP contribution is 2.23. The maximum absolute atomic E-state index is 2.50. The highest BCUT2D eigenvalue weighted by atomic mass is 28.3. The summed E-state index contributed by atoms with van der Waals surface area (Å²) in [7, 11) is 6.28. The van der Waals surface area contributed by atoms with E-state index in [4.69, 9.17) is 0 Å². The number of nitrogens with zero attached hydrogens (tertiary/aromatic N) is 1. The standard InChI is InChI=1S/C30H41BSi.C4H12N/c1-4-7-18-27-19-16-17-24-30(27)32(28-20-12-10-13-21-28,29-22-14-11-15-23-29)31(25-8-5-2)26-9-6-3;1-5(2,3)4/h10-17,19-24H,4-9,18,25-26H2,1-3H3;1-4H3/q;+1. The summed E-state index contributed by atoms with van der Waals surface area (Å²) >= 11 is 0. The lowest BCUT2D eigenvalue weighted by atomic mass is 9.65. The van der Waals surface area contributed by atoms with E-state index in [1.54, 1.807) is 21.1 Å². The molecule has 3 heteroatoms. The third kappa shape index (κ3) is 9.30. The summed E-state index contributed by atoms with van der Waals surface area (Å²) in [6, 6.07) is 32.7. The van der Waals surface area contributed by atoms with Gasteiger partial charge in [0.05, 0.1) is 28.2 Å². The summed E-state index contributed by atoms with van der Waals surface area (Å²) in [5, 5.41) is 4.85. The second kappa shape index (κ2) is 16.0. The second-order valence-corrected chi connectivity index (χ2v) is 16.1. The summed E-state index contributed by atoms with van der Waals surface area (Å²) in [6.07, 6.45) is 12.3. The van der Waals surface area contributed by atoms with Crippen LogP contribution in [0.5, 0.6) is 0 Å². The van der Waals surface area contributed by atoms with Gasteiger partial charge in [0.15, 0.2) is 6.31 Å². The smallest absolute Gasteiger partial charge is 0.151 e. The van der Waals surface area contributed by atoms with Crippen molar-refractivity contribution in [3.05, 3.63) is 90.5 Å². The Morgan fingerprint density at radius 1 is 0.568 bits per heavy atom. The summed E-state index contributed by atoms with van der Waals surface area (Å²) in [6.45, 7) is 7.01. The van der Waals surface area contributed by atoms with Gasteiger partial charge in [0.2, 0.25) is 0 Å². The number of aryl methyl sites for hydroxylation is 1. The lowest BCUT2D eigenvalue weighted by Crippen LogP contribution is -2.76. The van der Waals surface area contributed by atoms with Gasteiger partial charge in [0, 0.05) is 0 Å². The van der Waals surface area contributed by atoms with Crippen LogP contribution < -0.4 is 15.6 Å². The molecule has 37 heavy (non-hydrogen) atoms. The van der Waals surface area contributed by atoms with Crippen LogP contribution in [0.3, 0.4) is 0 Å². The average Bonchev–Trinajstić information content (AvgIpc) is 2.90. The predicted molar refractivity (Wildman–Crippen MR) is 172 cm³/mol. The van der Waals surface area contributed by atoms with E-state index >= 15 is 0 Å². The fraction of sp³-hybridized carbons (Fsp3) is 0.471. The van der Waals surface area contributed by atoms with Crippen molar-refractivity contribution in [1.82, 2.24) is 0 Å². The maximum atomic E-state index is 2.50. The minimum atomic E-state index is -2.22. The highest BCUT2D eigenvalue weighted by molar-refractivity contribution is 7.49. The van der Waals surface area contributed by atoms with Crippen molar-refractivity contribution < 1.29 is 4.48 Å².